The van der Waals surface area contributed by atoms with E-state index in [1.165, 1.54) is 0 Å². The van der Waals surface area contributed by atoms with Gasteiger partial charge in [0.15, 0.2) is 0 Å². The fraction of sp³-hybridized carbons (Fsp3) is 0.529. The van der Waals surface area contributed by atoms with E-state index in [1.54, 1.807) is 0 Å². The first-order valence-corrected chi connectivity index (χ1v) is 7.89. The summed E-state index contributed by atoms with van der Waals surface area (Å²) in [5.74, 6) is 0.0742. The Morgan fingerprint density at radius 2 is 2.00 bits per heavy atom. The number of nitrogens with zero attached hydrogens (tertiary/aromatic N) is 4. The number of carbonyl (C=O) groups is 1. The fourth-order valence-electron chi connectivity index (χ4n) is 3.29. The highest BCUT2D eigenvalue weighted by Crippen LogP contribution is 2.20. The molecule has 0 spiro atoms. The van der Waals surface area contributed by atoms with Crippen LogP contribution in [0.1, 0.15) is 34.6 Å². The molecular formula is C17H24N4O. The Morgan fingerprint density at radius 3 is 2.68 bits per heavy atom. The fourth-order valence-corrected chi connectivity index (χ4v) is 3.29. The molecule has 1 saturated heterocycles. The second kappa shape index (κ2) is 5.72. The van der Waals surface area contributed by atoms with Crippen LogP contribution in [0.3, 0.4) is 0 Å². The average molecular weight is 300 g/mol. The molecule has 1 aliphatic rings. The van der Waals surface area contributed by atoms with E-state index >= 15 is 0 Å². The number of carbonyl (C=O) groups excluding carboxylic acids is 1. The van der Waals surface area contributed by atoms with Gasteiger partial charge in [0.05, 0.1) is 5.69 Å². The van der Waals surface area contributed by atoms with Crippen molar-refractivity contribution in [2.75, 3.05) is 27.2 Å². The quantitative estimate of drug-likeness (QED) is 0.853. The number of amides is 1. The zero-order valence-corrected chi connectivity index (χ0v) is 13.8. The van der Waals surface area contributed by atoms with Crippen LogP contribution >= 0.6 is 0 Å². The smallest absolute Gasteiger partial charge is 0.272 e. The Balaban J connectivity index is 1.92. The first-order chi connectivity index (χ1) is 10.5. The number of likely N-dealkylation sites (tertiary alicyclic amines) is 1. The zero-order valence-electron chi connectivity index (χ0n) is 13.8. The van der Waals surface area contributed by atoms with Crippen LogP contribution in [-0.4, -0.2) is 58.3 Å². The molecule has 22 heavy (non-hydrogen) atoms. The van der Waals surface area contributed by atoms with Crippen molar-refractivity contribution in [1.82, 2.24) is 19.2 Å². The van der Waals surface area contributed by atoms with E-state index in [2.05, 4.69) is 16.9 Å². The highest BCUT2D eigenvalue weighted by atomic mass is 16.2. The number of rotatable bonds is 2. The standard InChI is InChI=1S/C17H24N4O/c1-12-6-5-9-21-15(13(2)18-16(12)21)17(22)20(4)14-7-10-19(3)11-8-14/h5-6,9,14H,7-8,10-11H2,1-4H3. The largest absolute Gasteiger partial charge is 0.337 e. The third kappa shape index (κ3) is 2.50. The lowest BCUT2D eigenvalue weighted by molar-refractivity contribution is 0.0652. The number of pyridine rings is 1. The van der Waals surface area contributed by atoms with Crippen molar-refractivity contribution < 1.29 is 4.79 Å². The zero-order chi connectivity index (χ0) is 15.9. The lowest BCUT2D eigenvalue weighted by atomic mass is 10.0. The third-order valence-corrected chi connectivity index (χ3v) is 4.78. The summed E-state index contributed by atoms with van der Waals surface area (Å²) in [6.45, 7) is 6.04. The third-order valence-electron chi connectivity index (χ3n) is 4.78. The van der Waals surface area contributed by atoms with Crippen molar-refractivity contribution in [3.05, 3.63) is 35.3 Å². The Bertz CT molecular complexity index is 698. The number of aromatic nitrogens is 2. The first-order valence-electron chi connectivity index (χ1n) is 7.89. The van der Waals surface area contributed by atoms with Crippen LogP contribution in [-0.2, 0) is 0 Å². The Hall–Kier alpha value is -1.88. The van der Waals surface area contributed by atoms with Crippen molar-refractivity contribution in [1.29, 1.82) is 0 Å². The van der Waals surface area contributed by atoms with Crippen LogP contribution in [0.2, 0.25) is 0 Å². The predicted molar refractivity (Wildman–Crippen MR) is 87.3 cm³/mol. The van der Waals surface area contributed by atoms with Crippen molar-refractivity contribution in [2.45, 2.75) is 32.7 Å². The summed E-state index contributed by atoms with van der Waals surface area (Å²) < 4.78 is 1.93. The Morgan fingerprint density at radius 1 is 1.32 bits per heavy atom. The van der Waals surface area contributed by atoms with E-state index in [4.69, 9.17) is 0 Å². The molecule has 0 aromatic carbocycles. The van der Waals surface area contributed by atoms with Gasteiger partial charge < -0.3 is 9.80 Å². The molecule has 0 atom stereocenters. The van der Waals surface area contributed by atoms with Gasteiger partial charge in [0, 0.05) is 19.3 Å². The molecule has 0 aliphatic carbocycles. The molecule has 1 fully saturated rings. The number of aryl methyl sites for hydroxylation is 2. The van der Waals surface area contributed by atoms with Crippen molar-refractivity contribution in [3.63, 3.8) is 0 Å². The number of piperidine rings is 1. The molecule has 0 N–H and O–H groups in total. The summed E-state index contributed by atoms with van der Waals surface area (Å²) >= 11 is 0. The minimum atomic E-state index is 0.0742. The van der Waals surface area contributed by atoms with Gasteiger partial charge in [-0.3, -0.25) is 9.20 Å². The lowest BCUT2D eigenvalue weighted by Gasteiger charge is -2.35. The summed E-state index contributed by atoms with van der Waals surface area (Å²) in [4.78, 5) is 21.8. The maximum atomic E-state index is 13.0. The van der Waals surface area contributed by atoms with E-state index in [0.717, 1.165) is 42.8 Å². The molecule has 2 aromatic rings. The molecule has 0 bridgehead atoms. The van der Waals surface area contributed by atoms with Gasteiger partial charge in [-0.1, -0.05) is 6.07 Å². The maximum Gasteiger partial charge on any atom is 0.272 e. The van der Waals surface area contributed by atoms with Crippen LogP contribution in [0, 0.1) is 13.8 Å². The lowest BCUT2D eigenvalue weighted by Crippen LogP contribution is -2.44. The highest BCUT2D eigenvalue weighted by Gasteiger charge is 2.27. The van der Waals surface area contributed by atoms with Crippen LogP contribution < -0.4 is 0 Å². The van der Waals surface area contributed by atoms with E-state index in [9.17, 15) is 4.79 Å². The molecule has 0 unspecified atom stereocenters. The summed E-state index contributed by atoms with van der Waals surface area (Å²) in [6.07, 6.45) is 4.00. The van der Waals surface area contributed by atoms with Gasteiger partial charge in [0.1, 0.15) is 11.3 Å². The van der Waals surface area contributed by atoms with Gasteiger partial charge in [-0.2, -0.15) is 0 Å². The molecule has 5 nitrogen and oxygen atoms in total. The number of hydrogen-bond donors (Lipinski definition) is 0. The minimum absolute atomic E-state index is 0.0742. The van der Waals surface area contributed by atoms with Crippen molar-refractivity contribution in [3.8, 4) is 0 Å². The van der Waals surface area contributed by atoms with E-state index in [1.807, 2.05) is 48.5 Å². The molecule has 1 amide bonds. The van der Waals surface area contributed by atoms with Gasteiger partial charge in [-0.15, -0.1) is 0 Å². The monoisotopic (exact) mass is 300 g/mol. The van der Waals surface area contributed by atoms with Crippen molar-refractivity contribution >= 4 is 11.6 Å². The van der Waals surface area contributed by atoms with Gasteiger partial charge in [-0.05, 0) is 58.5 Å². The molecule has 2 aromatic heterocycles. The average Bonchev–Trinajstić information content (AvgIpc) is 2.84. The molecule has 5 heteroatoms. The SMILES string of the molecule is Cc1nc2c(C)cccn2c1C(=O)N(C)C1CCN(C)CC1. The molecule has 1 aliphatic heterocycles. The van der Waals surface area contributed by atoms with Gasteiger partial charge in [-0.25, -0.2) is 4.98 Å². The maximum absolute atomic E-state index is 13.0. The molecule has 118 valence electrons. The Kier molecular flexibility index (Phi) is 3.91. The second-order valence-electron chi connectivity index (χ2n) is 6.38. The number of imidazole rings is 1. The summed E-state index contributed by atoms with van der Waals surface area (Å²) in [5, 5.41) is 0. The van der Waals surface area contributed by atoms with Crippen molar-refractivity contribution in [2.24, 2.45) is 0 Å². The molecule has 3 rings (SSSR count). The molecule has 3 heterocycles. The summed E-state index contributed by atoms with van der Waals surface area (Å²) in [7, 11) is 4.06. The van der Waals surface area contributed by atoms with Crippen LogP contribution in [0.25, 0.3) is 5.65 Å². The summed E-state index contributed by atoms with van der Waals surface area (Å²) in [6, 6.07) is 4.31. The highest BCUT2D eigenvalue weighted by molar-refractivity contribution is 5.94. The van der Waals surface area contributed by atoms with Crippen LogP contribution in [0.5, 0.6) is 0 Å². The predicted octanol–water partition coefficient (Wildman–Crippen LogP) is 2.12. The van der Waals surface area contributed by atoms with Crippen LogP contribution in [0.4, 0.5) is 0 Å². The van der Waals surface area contributed by atoms with E-state index in [-0.39, 0.29) is 5.91 Å². The normalized spacial score (nSPS) is 17.1. The Labute approximate surface area is 131 Å². The second-order valence-corrected chi connectivity index (χ2v) is 6.38. The minimum Gasteiger partial charge on any atom is -0.337 e. The molecular weight excluding hydrogens is 276 g/mol. The molecule has 0 saturated carbocycles. The molecule has 0 radical (unpaired) electrons. The first kappa shape index (κ1) is 15.0. The topological polar surface area (TPSA) is 40.9 Å². The van der Waals surface area contributed by atoms with E-state index in [0.29, 0.717) is 11.7 Å². The number of fused-ring (bicyclic) bond motifs is 1. The van der Waals surface area contributed by atoms with Gasteiger partial charge in [0.25, 0.3) is 5.91 Å². The number of hydrogen-bond acceptors (Lipinski definition) is 3. The summed E-state index contributed by atoms with van der Waals surface area (Å²) in [5.41, 5.74) is 3.46. The van der Waals surface area contributed by atoms with Gasteiger partial charge >= 0.3 is 0 Å². The van der Waals surface area contributed by atoms with E-state index < -0.39 is 0 Å². The van der Waals surface area contributed by atoms with Gasteiger partial charge in [0.2, 0.25) is 0 Å². The van der Waals surface area contributed by atoms with Crippen LogP contribution in [0.15, 0.2) is 18.3 Å².